The summed E-state index contributed by atoms with van der Waals surface area (Å²) in [7, 11) is 0. The van der Waals surface area contributed by atoms with Gasteiger partial charge in [0.05, 0.1) is 0 Å². The van der Waals surface area contributed by atoms with Crippen LogP contribution in [0, 0.1) is 18.8 Å². The van der Waals surface area contributed by atoms with Crippen molar-refractivity contribution in [3.63, 3.8) is 0 Å². The molecule has 92 valence electrons. The Morgan fingerprint density at radius 2 is 1.94 bits per heavy atom. The van der Waals surface area contributed by atoms with Crippen molar-refractivity contribution in [2.75, 3.05) is 6.54 Å². The van der Waals surface area contributed by atoms with E-state index in [9.17, 15) is 0 Å². The van der Waals surface area contributed by atoms with Gasteiger partial charge in [-0.3, -0.25) is 0 Å². The van der Waals surface area contributed by atoms with Gasteiger partial charge in [-0.05, 0) is 43.4 Å². The Morgan fingerprint density at radius 3 is 2.59 bits per heavy atom. The molecule has 0 bridgehead atoms. The number of aromatic nitrogens is 1. The zero-order chi connectivity index (χ0) is 12.4. The van der Waals surface area contributed by atoms with E-state index in [0.717, 1.165) is 13.0 Å². The highest BCUT2D eigenvalue weighted by molar-refractivity contribution is 5.84. The molecule has 1 aromatic carbocycles. The minimum absolute atomic E-state index is 0.563. The molecule has 0 saturated carbocycles. The van der Waals surface area contributed by atoms with Crippen molar-refractivity contribution in [2.45, 2.75) is 27.2 Å². The molecule has 0 radical (unpaired) electrons. The van der Waals surface area contributed by atoms with E-state index in [1.54, 1.807) is 0 Å². The lowest BCUT2D eigenvalue weighted by atomic mass is 9.88. The molecule has 1 heterocycles. The van der Waals surface area contributed by atoms with Gasteiger partial charge in [-0.15, -0.1) is 0 Å². The van der Waals surface area contributed by atoms with Crippen LogP contribution in [0.3, 0.4) is 0 Å². The molecular weight excluding hydrogens is 208 g/mol. The Hall–Kier alpha value is -1.28. The zero-order valence-corrected chi connectivity index (χ0v) is 11.0. The van der Waals surface area contributed by atoms with Crippen LogP contribution in [0.1, 0.15) is 25.1 Å². The molecule has 1 atom stereocenters. The summed E-state index contributed by atoms with van der Waals surface area (Å²) in [6.45, 7) is 7.42. The molecule has 3 N–H and O–H groups in total. The molecule has 2 heteroatoms. The molecule has 0 aliphatic carbocycles. The van der Waals surface area contributed by atoms with Crippen LogP contribution in [-0.2, 0) is 6.42 Å². The Labute approximate surface area is 103 Å². The van der Waals surface area contributed by atoms with Crippen molar-refractivity contribution in [3.05, 3.63) is 35.5 Å². The number of hydrogen-bond donors (Lipinski definition) is 2. The molecule has 0 fully saturated rings. The van der Waals surface area contributed by atoms with Crippen LogP contribution in [0.5, 0.6) is 0 Å². The van der Waals surface area contributed by atoms with Crippen LogP contribution in [0.15, 0.2) is 24.3 Å². The van der Waals surface area contributed by atoms with Gasteiger partial charge < -0.3 is 10.7 Å². The number of fused-ring (bicyclic) bond motifs is 1. The van der Waals surface area contributed by atoms with Crippen LogP contribution >= 0.6 is 0 Å². The van der Waals surface area contributed by atoms with E-state index in [-0.39, 0.29) is 0 Å². The summed E-state index contributed by atoms with van der Waals surface area (Å²) in [6.07, 6.45) is 1.07. The SMILES string of the molecule is Cc1[nH]c2ccccc2c1CC(CN)C(C)C. The highest BCUT2D eigenvalue weighted by atomic mass is 14.7. The van der Waals surface area contributed by atoms with Crippen molar-refractivity contribution in [1.29, 1.82) is 0 Å². The number of aromatic amines is 1. The second-order valence-electron chi connectivity index (χ2n) is 5.22. The van der Waals surface area contributed by atoms with Gasteiger partial charge in [0.1, 0.15) is 0 Å². The minimum Gasteiger partial charge on any atom is -0.358 e. The van der Waals surface area contributed by atoms with Crippen molar-refractivity contribution in [3.8, 4) is 0 Å². The third-order valence-corrected chi connectivity index (χ3v) is 3.74. The van der Waals surface area contributed by atoms with E-state index in [1.165, 1.54) is 22.2 Å². The van der Waals surface area contributed by atoms with Gasteiger partial charge in [0, 0.05) is 16.6 Å². The zero-order valence-electron chi connectivity index (χ0n) is 11.0. The summed E-state index contributed by atoms with van der Waals surface area (Å²) in [4.78, 5) is 3.45. The third-order valence-electron chi connectivity index (χ3n) is 3.74. The lowest BCUT2D eigenvalue weighted by Crippen LogP contribution is -2.22. The number of aryl methyl sites for hydroxylation is 1. The van der Waals surface area contributed by atoms with Crippen molar-refractivity contribution in [2.24, 2.45) is 17.6 Å². The van der Waals surface area contributed by atoms with Gasteiger partial charge in [0.25, 0.3) is 0 Å². The van der Waals surface area contributed by atoms with Crippen LogP contribution in [0.25, 0.3) is 10.9 Å². The fourth-order valence-electron chi connectivity index (χ4n) is 2.45. The maximum Gasteiger partial charge on any atom is 0.0458 e. The number of hydrogen-bond acceptors (Lipinski definition) is 1. The monoisotopic (exact) mass is 230 g/mol. The quantitative estimate of drug-likeness (QED) is 0.831. The van der Waals surface area contributed by atoms with Crippen LogP contribution < -0.4 is 5.73 Å². The summed E-state index contributed by atoms with van der Waals surface area (Å²) in [5.74, 6) is 1.20. The molecule has 17 heavy (non-hydrogen) atoms. The molecule has 0 amide bonds. The van der Waals surface area contributed by atoms with Gasteiger partial charge in [-0.25, -0.2) is 0 Å². The smallest absolute Gasteiger partial charge is 0.0458 e. The number of benzene rings is 1. The summed E-state index contributed by atoms with van der Waals surface area (Å²) in [5.41, 5.74) is 9.83. The van der Waals surface area contributed by atoms with E-state index >= 15 is 0 Å². The number of nitrogens with one attached hydrogen (secondary N) is 1. The highest BCUT2D eigenvalue weighted by Gasteiger charge is 2.16. The summed E-state index contributed by atoms with van der Waals surface area (Å²) in [6, 6.07) is 8.51. The predicted molar refractivity (Wildman–Crippen MR) is 74.1 cm³/mol. The van der Waals surface area contributed by atoms with Gasteiger partial charge in [0.15, 0.2) is 0 Å². The maximum atomic E-state index is 5.87. The predicted octanol–water partition coefficient (Wildman–Crippen LogP) is 3.25. The third kappa shape index (κ3) is 2.37. The highest BCUT2D eigenvalue weighted by Crippen LogP contribution is 2.26. The topological polar surface area (TPSA) is 41.8 Å². The van der Waals surface area contributed by atoms with Crippen molar-refractivity contribution < 1.29 is 0 Å². The van der Waals surface area contributed by atoms with E-state index in [2.05, 4.69) is 50.0 Å². The first kappa shape index (κ1) is 12.2. The molecule has 0 saturated heterocycles. The van der Waals surface area contributed by atoms with E-state index < -0.39 is 0 Å². The van der Waals surface area contributed by atoms with E-state index in [4.69, 9.17) is 5.73 Å². The lowest BCUT2D eigenvalue weighted by Gasteiger charge is -2.18. The Kier molecular flexibility index (Phi) is 3.53. The van der Waals surface area contributed by atoms with E-state index in [0.29, 0.717) is 11.8 Å². The van der Waals surface area contributed by atoms with Crippen LogP contribution in [-0.4, -0.2) is 11.5 Å². The van der Waals surface area contributed by atoms with Gasteiger partial charge in [-0.1, -0.05) is 32.0 Å². The Bertz CT molecular complexity index is 497. The number of nitrogens with two attached hydrogens (primary N) is 1. The maximum absolute atomic E-state index is 5.87. The number of para-hydroxylation sites is 1. The lowest BCUT2D eigenvalue weighted by molar-refractivity contribution is 0.392. The van der Waals surface area contributed by atoms with Gasteiger partial charge in [-0.2, -0.15) is 0 Å². The summed E-state index contributed by atoms with van der Waals surface area (Å²) < 4.78 is 0. The second kappa shape index (κ2) is 4.92. The fourth-order valence-corrected chi connectivity index (χ4v) is 2.45. The molecule has 0 aliphatic heterocycles. The fraction of sp³-hybridized carbons (Fsp3) is 0.467. The summed E-state index contributed by atoms with van der Waals surface area (Å²) in [5, 5.41) is 1.35. The standard InChI is InChI=1S/C15H22N2/c1-10(2)12(9-16)8-14-11(3)17-15-7-5-4-6-13(14)15/h4-7,10,12,17H,8-9,16H2,1-3H3. The molecular formula is C15H22N2. The average Bonchev–Trinajstić information content (AvgIpc) is 2.61. The van der Waals surface area contributed by atoms with Crippen molar-refractivity contribution in [1.82, 2.24) is 4.98 Å². The largest absolute Gasteiger partial charge is 0.358 e. The molecule has 0 aliphatic rings. The van der Waals surface area contributed by atoms with Gasteiger partial charge >= 0.3 is 0 Å². The van der Waals surface area contributed by atoms with Crippen LogP contribution in [0.2, 0.25) is 0 Å². The van der Waals surface area contributed by atoms with Crippen LogP contribution in [0.4, 0.5) is 0 Å². The first-order valence-corrected chi connectivity index (χ1v) is 6.39. The summed E-state index contributed by atoms with van der Waals surface area (Å²) >= 11 is 0. The molecule has 1 aromatic heterocycles. The first-order chi connectivity index (χ1) is 8.13. The van der Waals surface area contributed by atoms with E-state index in [1.807, 2.05) is 0 Å². The first-order valence-electron chi connectivity index (χ1n) is 6.39. The average molecular weight is 230 g/mol. The Balaban J connectivity index is 2.37. The minimum atomic E-state index is 0.563. The number of H-pyrrole nitrogens is 1. The molecule has 1 unspecified atom stereocenters. The van der Waals surface area contributed by atoms with Gasteiger partial charge in [0.2, 0.25) is 0 Å². The number of rotatable bonds is 4. The van der Waals surface area contributed by atoms with Crippen molar-refractivity contribution >= 4 is 10.9 Å². The Morgan fingerprint density at radius 1 is 1.24 bits per heavy atom. The second-order valence-corrected chi connectivity index (χ2v) is 5.22. The molecule has 2 rings (SSSR count). The normalized spacial score (nSPS) is 13.5. The molecule has 2 nitrogen and oxygen atoms in total. The molecule has 2 aromatic rings. The molecule has 0 spiro atoms.